The summed E-state index contributed by atoms with van der Waals surface area (Å²) in [6, 6.07) is 8.84. The smallest absolute Gasteiger partial charge is 0.263 e. The van der Waals surface area contributed by atoms with Crippen LogP contribution in [0.1, 0.15) is 18.6 Å². The highest BCUT2D eigenvalue weighted by molar-refractivity contribution is 7.88. The van der Waals surface area contributed by atoms with Gasteiger partial charge in [0, 0.05) is 5.57 Å². The molecular weight excluding hydrogens is 266 g/mol. The van der Waals surface area contributed by atoms with Gasteiger partial charge in [-0.15, -0.1) is 0 Å². The average molecular weight is 281 g/mol. The Morgan fingerprint density at radius 2 is 1.84 bits per heavy atom. The highest BCUT2D eigenvalue weighted by Gasteiger charge is 2.36. The van der Waals surface area contributed by atoms with Crippen LogP contribution in [0.4, 0.5) is 0 Å². The van der Waals surface area contributed by atoms with Crippen LogP contribution in [-0.4, -0.2) is 36.5 Å². The Hall–Kier alpha value is -1.66. The number of nitrogens with zero attached hydrogens (tertiary/aromatic N) is 1. The molecule has 0 fully saturated rings. The lowest BCUT2D eigenvalue weighted by atomic mass is 9.99. The summed E-state index contributed by atoms with van der Waals surface area (Å²) in [5.41, 5.74) is 1.36. The number of sulfonamides is 1. The van der Waals surface area contributed by atoms with Crippen LogP contribution in [0.2, 0.25) is 0 Å². The zero-order valence-corrected chi connectivity index (χ0v) is 11.5. The predicted octanol–water partition coefficient (Wildman–Crippen LogP) is 0.838. The molecule has 2 rings (SSSR count). The van der Waals surface area contributed by atoms with Gasteiger partial charge >= 0.3 is 0 Å². The van der Waals surface area contributed by atoms with Crippen LogP contribution in [0, 0.1) is 0 Å². The van der Waals surface area contributed by atoms with E-state index in [1.54, 1.807) is 24.3 Å². The molecule has 5 nitrogen and oxygen atoms in total. The lowest BCUT2D eigenvalue weighted by molar-refractivity contribution is -0.121. The average Bonchev–Trinajstić information content (AvgIpc) is 2.66. The number of hydrogen-bond acceptors (Lipinski definition) is 4. The maximum atomic E-state index is 11.9. The molecule has 0 saturated heterocycles. The van der Waals surface area contributed by atoms with Crippen molar-refractivity contribution in [1.82, 2.24) is 4.31 Å². The van der Waals surface area contributed by atoms with E-state index in [4.69, 9.17) is 0 Å². The number of aliphatic hydroxyl groups excluding tert-OH is 1. The van der Waals surface area contributed by atoms with Crippen LogP contribution in [0.15, 0.2) is 41.5 Å². The Labute approximate surface area is 112 Å². The zero-order chi connectivity index (χ0) is 14.2. The van der Waals surface area contributed by atoms with E-state index in [2.05, 4.69) is 0 Å². The molecule has 1 heterocycles. The minimum absolute atomic E-state index is 0.0838. The molecule has 102 valence electrons. The molecule has 1 aromatic carbocycles. The second-order valence-corrected chi connectivity index (χ2v) is 6.45. The molecule has 6 heteroatoms. The monoisotopic (exact) mass is 281 g/mol. The van der Waals surface area contributed by atoms with Gasteiger partial charge in [0.05, 0.1) is 12.8 Å². The van der Waals surface area contributed by atoms with Gasteiger partial charge in [-0.25, -0.2) is 12.7 Å². The quantitative estimate of drug-likeness (QED) is 0.891. The fraction of sp³-hybridized carbons (Fsp3) is 0.308. The summed E-state index contributed by atoms with van der Waals surface area (Å²) >= 11 is 0. The third kappa shape index (κ3) is 2.54. The van der Waals surface area contributed by atoms with Gasteiger partial charge in [0.15, 0.2) is 0 Å². The van der Waals surface area contributed by atoms with Gasteiger partial charge in [-0.2, -0.15) is 0 Å². The molecule has 0 aromatic heterocycles. The number of aliphatic hydroxyl groups is 1. The standard InChI is InChI=1S/C13H15NO4S/c1-9-11(8-14(13(9)16)19(2,17)18)12(15)10-6-4-3-5-7-10/h3-7,12,15H,8H2,1-2H3. The molecule has 19 heavy (non-hydrogen) atoms. The van der Waals surface area contributed by atoms with Crippen LogP contribution in [-0.2, 0) is 14.8 Å². The summed E-state index contributed by atoms with van der Waals surface area (Å²) in [4.78, 5) is 11.9. The largest absolute Gasteiger partial charge is 0.384 e. The molecule has 0 saturated carbocycles. The van der Waals surface area contributed by atoms with Gasteiger partial charge in [-0.1, -0.05) is 30.3 Å². The van der Waals surface area contributed by atoms with Crippen molar-refractivity contribution in [3.63, 3.8) is 0 Å². The molecule has 0 radical (unpaired) electrons. The summed E-state index contributed by atoms with van der Waals surface area (Å²) in [5.74, 6) is -0.563. The van der Waals surface area contributed by atoms with Crippen LogP contribution in [0.25, 0.3) is 0 Å². The van der Waals surface area contributed by atoms with Crippen LogP contribution in [0.5, 0.6) is 0 Å². The first-order valence-corrected chi connectivity index (χ1v) is 7.62. The molecule has 1 atom stereocenters. The number of carbonyl (C=O) groups excluding carboxylic acids is 1. The summed E-state index contributed by atoms with van der Waals surface area (Å²) in [5, 5.41) is 10.3. The summed E-state index contributed by atoms with van der Waals surface area (Å²) in [6.07, 6.45) is 0.0210. The molecule has 1 N–H and O–H groups in total. The Bertz CT molecular complexity index is 634. The predicted molar refractivity (Wildman–Crippen MR) is 70.7 cm³/mol. The van der Waals surface area contributed by atoms with Gasteiger partial charge in [0.1, 0.15) is 6.10 Å². The first-order valence-electron chi connectivity index (χ1n) is 5.77. The topological polar surface area (TPSA) is 74.7 Å². The van der Waals surface area contributed by atoms with Gasteiger partial charge < -0.3 is 5.11 Å². The van der Waals surface area contributed by atoms with Crippen molar-refractivity contribution in [3.05, 3.63) is 47.0 Å². The molecule has 1 unspecified atom stereocenters. The first kappa shape index (κ1) is 13.8. The van der Waals surface area contributed by atoms with Crippen molar-refractivity contribution in [2.24, 2.45) is 0 Å². The summed E-state index contributed by atoms with van der Waals surface area (Å²) in [6.45, 7) is 1.45. The second kappa shape index (κ2) is 4.79. The van der Waals surface area contributed by atoms with Gasteiger partial charge in [-0.05, 0) is 18.1 Å². The number of amides is 1. The molecule has 0 aliphatic carbocycles. The second-order valence-electron chi connectivity index (χ2n) is 4.54. The number of carbonyl (C=O) groups is 1. The van der Waals surface area contributed by atoms with Crippen molar-refractivity contribution in [2.45, 2.75) is 13.0 Å². The van der Waals surface area contributed by atoms with Gasteiger partial charge in [-0.3, -0.25) is 4.79 Å². The maximum Gasteiger partial charge on any atom is 0.263 e. The molecule has 1 aromatic rings. The Balaban J connectivity index is 2.34. The minimum atomic E-state index is -3.60. The Morgan fingerprint density at radius 1 is 1.26 bits per heavy atom. The third-order valence-electron chi connectivity index (χ3n) is 3.19. The normalized spacial score (nSPS) is 18.1. The van der Waals surface area contributed by atoms with Crippen LogP contribution in [0.3, 0.4) is 0 Å². The van der Waals surface area contributed by atoms with E-state index in [1.165, 1.54) is 6.92 Å². The third-order valence-corrected chi connectivity index (χ3v) is 4.28. The SMILES string of the molecule is CC1=C(C(O)c2ccccc2)CN(S(C)(=O)=O)C1=O. The molecule has 0 bridgehead atoms. The minimum Gasteiger partial charge on any atom is -0.384 e. The van der Waals surface area contributed by atoms with Crippen LogP contribution >= 0.6 is 0 Å². The van der Waals surface area contributed by atoms with E-state index in [1.807, 2.05) is 6.07 Å². The van der Waals surface area contributed by atoms with Crippen molar-refractivity contribution >= 4 is 15.9 Å². The molecule has 1 amide bonds. The lowest BCUT2D eigenvalue weighted by Crippen LogP contribution is -2.33. The van der Waals surface area contributed by atoms with Crippen molar-refractivity contribution in [3.8, 4) is 0 Å². The van der Waals surface area contributed by atoms with Crippen molar-refractivity contribution in [2.75, 3.05) is 12.8 Å². The molecular formula is C13H15NO4S. The molecule has 0 spiro atoms. The van der Waals surface area contributed by atoms with Crippen LogP contribution < -0.4 is 0 Å². The highest BCUT2D eigenvalue weighted by Crippen LogP contribution is 2.31. The fourth-order valence-electron chi connectivity index (χ4n) is 2.07. The van der Waals surface area contributed by atoms with Gasteiger partial charge in [0.2, 0.25) is 10.0 Å². The van der Waals surface area contributed by atoms with Crippen molar-refractivity contribution in [1.29, 1.82) is 0 Å². The van der Waals surface area contributed by atoms with E-state index in [-0.39, 0.29) is 6.54 Å². The Kier molecular flexibility index (Phi) is 3.47. The summed E-state index contributed by atoms with van der Waals surface area (Å²) in [7, 11) is -3.60. The Morgan fingerprint density at radius 3 is 2.32 bits per heavy atom. The number of hydrogen-bond donors (Lipinski definition) is 1. The van der Waals surface area contributed by atoms with E-state index in [0.717, 1.165) is 10.6 Å². The lowest BCUT2D eigenvalue weighted by Gasteiger charge is -2.16. The fourth-order valence-corrected chi connectivity index (χ4v) is 2.88. The van der Waals surface area contributed by atoms with Crippen molar-refractivity contribution < 1.29 is 18.3 Å². The van der Waals surface area contributed by atoms with E-state index in [0.29, 0.717) is 16.7 Å². The van der Waals surface area contributed by atoms with E-state index in [9.17, 15) is 18.3 Å². The highest BCUT2D eigenvalue weighted by atomic mass is 32.2. The number of rotatable bonds is 3. The molecule has 1 aliphatic heterocycles. The van der Waals surface area contributed by atoms with Gasteiger partial charge in [0.25, 0.3) is 5.91 Å². The maximum absolute atomic E-state index is 11.9. The molecule has 1 aliphatic rings. The van der Waals surface area contributed by atoms with E-state index < -0.39 is 22.0 Å². The zero-order valence-electron chi connectivity index (χ0n) is 10.7. The van der Waals surface area contributed by atoms with E-state index >= 15 is 0 Å². The first-order chi connectivity index (χ1) is 8.82. The summed E-state index contributed by atoms with van der Waals surface area (Å²) < 4.78 is 23.8. The number of benzene rings is 1.